The molecule has 0 bridgehead atoms. The Hall–Kier alpha value is -2.23. The van der Waals surface area contributed by atoms with Gasteiger partial charge in [0, 0.05) is 18.8 Å². The maximum absolute atomic E-state index is 9.19. The van der Waals surface area contributed by atoms with E-state index in [1.807, 2.05) is 17.7 Å². The lowest BCUT2D eigenvalue weighted by Crippen LogP contribution is -2.22. The van der Waals surface area contributed by atoms with Crippen LogP contribution in [0, 0.1) is 19.3 Å². The molecule has 0 saturated heterocycles. The number of hydrogen-bond donors (Lipinski definition) is 4. The molecule has 0 radical (unpaired) electrons. The van der Waals surface area contributed by atoms with Crippen LogP contribution in [-0.2, 0) is 17.2 Å². The molecule has 23 heavy (non-hydrogen) atoms. The number of imidazole rings is 1. The van der Waals surface area contributed by atoms with Crippen molar-refractivity contribution in [1.29, 1.82) is 5.41 Å². The van der Waals surface area contributed by atoms with Crippen LogP contribution in [-0.4, -0.2) is 39.8 Å². The smallest absolute Gasteiger partial charge is 0.261 e. The lowest BCUT2D eigenvalue weighted by atomic mass is 10.1. The third kappa shape index (κ3) is 5.81. The zero-order chi connectivity index (χ0) is 17.8. The number of aryl methyl sites for hydroxylation is 3. The summed E-state index contributed by atoms with van der Waals surface area (Å²) in [5.41, 5.74) is 6.04. The predicted molar refractivity (Wildman–Crippen MR) is 87.3 cm³/mol. The molecule has 2 aromatic rings. The number of amidine groups is 1. The van der Waals surface area contributed by atoms with Gasteiger partial charge in [0.1, 0.15) is 0 Å². The molecule has 9 heteroatoms. The number of benzene rings is 1. The van der Waals surface area contributed by atoms with Crippen LogP contribution in [0.2, 0.25) is 0 Å². The molecule has 0 saturated carbocycles. The Bertz CT molecular complexity index is 804. The second-order valence-electron chi connectivity index (χ2n) is 5.08. The van der Waals surface area contributed by atoms with E-state index in [0.29, 0.717) is 12.1 Å². The Labute approximate surface area is 135 Å². The van der Waals surface area contributed by atoms with Gasteiger partial charge in [-0.1, -0.05) is 12.1 Å². The van der Waals surface area contributed by atoms with Crippen molar-refractivity contribution in [1.82, 2.24) is 15.0 Å². The number of hydrogen-bond acceptors (Lipinski definition) is 5. The zero-order valence-electron chi connectivity index (χ0n) is 13.3. The summed E-state index contributed by atoms with van der Waals surface area (Å²) in [6.45, 7) is 4.12. The highest BCUT2D eigenvalue weighted by atomic mass is 32.2. The van der Waals surface area contributed by atoms with Crippen molar-refractivity contribution in [3.8, 4) is 11.3 Å². The molecule has 0 aliphatic heterocycles. The molecular formula is C14H20N4O4S. The van der Waals surface area contributed by atoms with Crippen molar-refractivity contribution in [2.45, 2.75) is 13.8 Å². The van der Waals surface area contributed by atoms with E-state index in [1.165, 1.54) is 11.1 Å². The number of nitrogens with zero attached hydrogens (tertiary/aromatic N) is 2. The molecule has 0 fully saturated rings. The van der Waals surface area contributed by atoms with Crippen LogP contribution in [0.15, 0.2) is 24.4 Å². The standard InChI is InChI=1S/C13H16N4O.CH4O3S/c1-8-4-5-10(6-9(8)2)11-7-17(3)13(15-11)12(14)16-18;1-5(2,3)4/h4-7,18H,1-3H3,(H2,14,16);1H3,(H,2,3,4). The van der Waals surface area contributed by atoms with Crippen LogP contribution >= 0.6 is 0 Å². The second-order valence-corrected chi connectivity index (χ2v) is 6.55. The number of rotatable bonds is 2. The molecule has 126 valence electrons. The lowest BCUT2D eigenvalue weighted by molar-refractivity contribution is 0.233. The molecular weight excluding hydrogens is 320 g/mol. The van der Waals surface area contributed by atoms with Crippen LogP contribution in [0.1, 0.15) is 17.0 Å². The third-order valence-corrected chi connectivity index (χ3v) is 3.01. The van der Waals surface area contributed by atoms with Crippen molar-refractivity contribution in [3.63, 3.8) is 0 Å². The highest BCUT2D eigenvalue weighted by Crippen LogP contribution is 2.21. The molecule has 4 N–H and O–H groups in total. The van der Waals surface area contributed by atoms with Crippen molar-refractivity contribution >= 4 is 16.0 Å². The first kappa shape index (κ1) is 18.8. The fourth-order valence-electron chi connectivity index (χ4n) is 1.79. The largest absolute Gasteiger partial charge is 0.331 e. The van der Waals surface area contributed by atoms with Gasteiger partial charge in [-0.3, -0.25) is 15.2 Å². The van der Waals surface area contributed by atoms with E-state index in [4.69, 9.17) is 15.2 Å². The Kier molecular flexibility index (Phi) is 6.02. The van der Waals surface area contributed by atoms with E-state index in [-0.39, 0.29) is 5.84 Å². The maximum Gasteiger partial charge on any atom is 0.261 e. The van der Waals surface area contributed by atoms with Gasteiger partial charge in [0.05, 0.1) is 11.9 Å². The first-order valence-electron chi connectivity index (χ1n) is 6.55. The Balaban J connectivity index is 0.000000463. The van der Waals surface area contributed by atoms with Gasteiger partial charge in [0.15, 0.2) is 11.7 Å². The predicted octanol–water partition coefficient (Wildman–Crippen LogP) is 1.51. The highest BCUT2D eigenvalue weighted by Gasteiger charge is 2.11. The molecule has 0 atom stereocenters. The SMILES string of the molecule is CS(=O)(=O)O.Cc1ccc(-c2cn(C)c(C(=N)NO)n2)cc1C. The number of nitrogens with one attached hydrogen (secondary N) is 2. The average Bonchev–Trinajstić information content (AvgIpc) is 2.81. The first-order chi connectivity index (χ1) is 10.5. The van der Waals surface area contributed by atoms with Crippen molar-refractivity contribution in [2.24, 2.45) is 7.05 Å². The van der Waals surface area contributed by atoms with E-state index >= 15 is 0 Å². The zero-order valence-corrected chi connectivity index (χ0v) is 14.1. The van der Waals surface area contributed by atoms with Crippen molar-refractivity contribution < 1.29 is 18.2 Å². The fourth-order valence-corrected chi connectivity index (χ4v) is 1.79. The second kappa shape index (κ2) is 7.36. The molecule has 2 rings (SSSR count). The quantitative estimate of drug-likeness (QED) is 0.284. The summed E-state index contributed by atoms with van der Waals surface area (Å²) in [6.07, 6.45) is 2.55. The lowest BCUT2D eigenvalue weighted by Gasteiger charge is -2.02. The van der Waals surface area contributed by atoms with Gasteiger partial charge >= 0.3 is 0 Å². The maximum atomic E-state index is 9.19. The minimum atomic E-state index is -3.67. The third-order valence-electron chi connectivity index (χ3n) is 3.01. The molecule has 1 heterocycles. The van der Waals surface area contributed by atoms with Gasteiger partial charge in [-0.05, 0) is 31.0 Å². The molecule has 1 aromatic heterocycles. The summed E-state index contributed by atoms with van der Waals surface area (Å²) in [5, 5.41) is 16.3. The molecule has 0 unspecified atom stereocenters. The summed E-state index contributed by atoms with van der Waals surface area (Å²) in [6, 6.07) is 6.12. The van der Waals surface area contributed by atoms with Gasteiger partial charge in [0.25, 0.3) is 10.1 Å². The molecule has 0 amide bonds. The topological polar surface area (TPSA) is 128 Å². The number of aromatic nitrogens is 2. The van der Waals surface area contributed by atoms with E-state index in [9.17, 15) is 8.42 Å². The monoisotopic (exact) mass is 340 g/mol. The van der Waals surface area contributed by atoms with Gasteiger partial charge in [-0.15, -0.1) is 0 Å². The number of hydroxylamine groups is 1. The minimum absolute atomic E-state index is 0.118. The molecule has 0 spiro atoms. The van der Waals surface area contributed by atoms with Crippen LogP contribution in [0.4, 0.5) is 0 Å². The fraction of sp³-hybridized carbons (Fsp3) is 0.286. The minimum Gasteiger partial charge on any atom is -0.331 e. The summed E-state index contributed by atoms with van der Waals surface area (Å²) in [4.78, 5) is 4.34. The molecule has 0 aliphatic carbocycles. The van der Waals surface area contributed by atoms with Crippen LogP contribution in [0.5, 0.6) is 0 Å². The van der Waals surface area contributed by atoms with Crippen molar-refractivity contribution in [2.75, 3.05) is 6.26 Å². The van der Waals surface area contributed by atoms with Crippen molar-refractivity contribution in [3.05, 3.63) is 41.3 Å². The van der Waals surface area contributed by atoms with E-state index < -0.39 is 10.1 Å². The molecule has 0 aliphatic rings. The summed E-state index contributed by atoms with van der Waals surface area (Å²) in [5.74, 6) is 0.276. The Morgan fingerprint density at radius 2 is 1.87 bits per heavy atom. The van der Waals surface area contributed by atoms with Gasteiger partial charge < -0.3 is 4.57 Å². The summed E-state index contributed by atoms with van der Waals surface area (Å²) < 4.78 is 27.6. The molecule has 1 aromatic carbocycles. The van der Waals surface area contributed by atoms with Gasteiger partial charge in [0.2, 0.25) is 0 Å². The highest BCUT2D eigenvalue weighted by molar-refractivity contribution is 7.85. The first-order valence-corrected chi connectivity index (χ1v) is 8.40. The summed E-state index contributed by atoms with van der Waals surface area (Å²) >= 11 is 0. The normalized spacial score (nSPS) is 10.7. The average molecular weight is 340 g/mol. The Morgan fingerprint density at radius 3 is 2.35 bits per heavy atom. The van der Waals surface area contributed by atoms with E-state index in [1.54, 1.807) is 11.6 Å². The van der Waals surface area contributed by atoms with Crippen LogP contribution in [0.3, 0.4) is 0 Å². The van der Waals surface area contributed by atoms with Gasteiger partial charge in [-0.25, -0.2) is 10.5 Å². The van der Waals surface area contributed by atoms with Crippen LogP contribution < -0.4 is 5.48 Å². The molecule has 8 nitrogen and oxygen atoms in total. The van der Waals surface area contributed by atoms with E-state index in [0.717, 1.165) is 11.3 Å². The van der Waals surface area contributed by atoms with Crippen LogP contribution in [0.25, 0.3) is 11.3 Å². The Morgan fingerprint density at radius 1 is 1.30 bits per heavy atom. The summed E-state index contributed by atoms with van der Waals surface area (Å²) in [7, 11) is -1.88. The van der Waals surface area contributed by atoms with Gasteiger partial charge in [-0.2, -0.15) is 8.42 Å². The van der Waals surface area contributed by atoms with E-state index in [2.05, 4.69) is 31.0 Å².